The second-order valence-corrected chi connectivity index (χ2v) is 6.94. The van der Waals surface area contributed by atoms with E-state index in [1.54, 1.807) is 23.7 Å². The molecular weight excluding hydrogens is 403 g/mol. The number of halogens is 2. The van der Waals surface area contributed by atoms with Gasteiger partial charge in [-0.3, -0.25) is 14.4 Å². The van der Waals surface area contributed by atoms with Crippen LogP contribution in [-0.2, 0) is 23.0 Å². The number of para-hydroxylation sites is 1. The van der Waals surface area contributed by atoms with Gasteiger partial charge in [0.05, 0.1) is 27.4 Å². The van der Waals surface area contributed by atoms with E-state index in [4.69, 9.17) is 27.9 Å². The van der Waals surface area contributed by atoms with Crippen LogP contribution in [-0.4, -0.2) is 27.9 Å². The van der Waals surface area contributed by atoms with Gasteiger partial charge >= 0.3 is 5.97 Å². The zero-order chi connectivity index (χ0) is 20.3. The Hall–Kier alpha value is -2.70. The fourth-order valence-corrected chi connectivity index (χ4v) is 3.05. The summed E-state index contributed by atoms with van der Waals surface area (Å²) >= 11 is 11.7. The summed E-state index contributed by atoms with van der Waals surface area (Å²) in [5.41, 5.74) is 0.702. The Balaban J connectivity index is 1.61. The lowest BCUT2D eigenvalue weighted by molar-refractivity contribution is -0.142. The number of benzene rings is 2. The first-order valence-electron chi connectivity index (χ1n) is 8.45. The summed E-state index contributed by atoms with van der Waals surface area (Å²) in [6, 6.07) is 11.6. The molecule has 0 unspecified atom stereocenters. The van der Waals surface area contributed by atoms with Crippen molar-refractivity contribution in [3.63, 3.8) is 0 Å². The minimum Gasteiger partial charge on any atom is -0.457 e. The zero-order valence-corrected chi connectivity index (χ0v) is 16.5. The lowest BCUT2D eigenvalue weighted by atomic mass is 10.1. The van der Waals surface area contributed by atoms with Crippen LogP contribution < -0.4 is 5.56 Å². The van der Waals surface area contributed by atoms with Crippen LogP contribution in [0.5, 0.6) is 0 Å². The Kier molecular flexibility index (Phi) is 6.11. The van der Waals surface area contributed by atoms with Crippen molar-refractivity contribution in [1.82, 2.24) is 9.55 Å². The molecule has 1 heterocycles. The number of hydrogen-bond acceptors (Lipinski definition) is 5. The van der Waals surface area contributed by atoms with Crippen LogP contribution in [0.25, 0.3) is 10.9 Å². The van der Waals surface area contributed by atoms with Crippen molar-refractivity contribution < 1.29 is 14.3 Å². The monoisotopic (exact) mass is 418 g/mol. The number of aromatic nitrogens is 2. The maximum Gasteiger partial charge on any atom is 0.306 e. The Morgan fingerprint density at radius 1 is 1.11 bits per heavy atom. The third kappa shape index (κ3) is 4.40. The topological polar surface area (TPSA) is 78.3 Å². The molecule has 0 amide bonds. The second-order valence-electron chi connectivity index (χ2n) is 6.12. The van der Waals surface area contributed by atoms with Gasteiger partial charge < -0.3 is 9.30 Å². The lowest BCUT2D eigenvalue weighted by Gasteiger charge is -2.11. The molecule has 0 aliphatic heterocycles. The average molecular weight is 419 g/mol. The van der Waals surface area contributed by atoms with Crippen molar-refractivity contribution in [3.05, 3.63) is 74.3 Å². The maximum atomic E-state index is 12.1. The van der Waals surface area contributed by atoms with E-state index in [0.717, 1.165) is 5.52 Å². The molecule has 0 aliphatic rings. The number of rotatable bonds is 6. The highest BCUT2D eigenvalue weighted by atomic mass is 35.5. The highest BCUT2D eigenvalue weighted by Gasteiger charge is 2.14. The van der Waals surface area contributed by atoms with E-state index >= 15 is 0 Å². The molecule has 144 valence electrons. The van der Waals surface area contributed by atoms with Crippen LogP contribution in [0.1, 0.15) is 22.6 Å². The molecule has 0 spiro atoms. The van der Waals surface area contributed by atoms with E-state index in [1.807, 2.05) is 12.1 Å². The molecule has 0 bridgehead atoms. The zero-order valence-electron chi connectivity index (χ0n) is 14.9. The minimum atomic E-state index is -0.559. The lowest BCUT2D eigenvalue weighted by Crippen LogP contribution is -2.19. The first kappa shape index (κ1) is 20.0. The molecule has 0 saturated heterocycles. The van der Waals surface area contributed by atoms with Crippen molar-refractivity contribution in [3.8, 4) is 0 Å². The number of ketones is 1. The molecule has 2 aromatic carbocycles. The van der Waals surface area contributed by atoms with Crippen LogP contribution in [0.3, 0.4) is 0 Å². The highest BCUT2D eigenvalue weighted by molar-refractivity contribution is 6.42. The number of aryl methyl sites for hydroxylation is 2. The molecule has 0 saturated carbocycles. The smallest absolute Gasteiger partial charge is 0.306 e. The van der Waals surface area contributed by atoms with E-state index < -0.39 is 12.6 Å². The fraction of sp³-hybridized carbons (Fsp3) is 0.200. The number of nitrogens with zero attached hydrogens (tertiary/aromatic N) is 2. The maximum absolute atomic E-state index is 12.1. The number of Topliss-reactive ketones (excluding diaryl/α,β-unsaturated/α-hetero) is 1. The number of carbonyl (C=O) groups is 2. The Bertz CT molecular complexity index is 1120. The van der Waals surface area contributed by atoms with E-state index in [2.05, 4.69) is 4.98 Å². The molecule has 0 aliphatic carbocycles. The first-order chi connectivity index (χ1) is 13.4. The normalized spacial score (nSPS) is 10.8. The van der Waals surface area contributed by atoms with E-state index in [0.29, 0.717) is 21.8 Å². The molecule has 0 radical (unpaired) electrons. The number of carbonyl (C=O) groups excluding carboxylic acids is 2. The van der Waals surface area contributed by atoms with Crippen LogP contribution in [0, 0.1) is 0 Å². The van der Waals surface area contributed by atoms with Crippen LogP contribution >= 0.6 is 23.2 Å². The Morgan fingerprint density at radius 3 is 2.61 bits per heavy atom. The minimum absolute atomic E-state index is 0.00667. The molecule has 6 nitrogen and oxygen atoms in total. The third-order valence-electron chi connectivity index (χ3n) is 4.27. The molecule has 1 aromatic heterocycles. The summed E-state index contributed by atoms with van der Waals surface area (Å²) in [7, 11) is 1.78. The highest BCUT2D eigenvalue weighted by Crippen LogP contribution is 2.22. The van der Waals surface area contributed by atoms with Crippen molar-refractivity contribution >= 4 is 45.9 Å². The number of hydrogen-bond donors (Lipinski definition) is 0. The predicted octanol–water partition coefficient (Wildman–Crippen LogP) is 3.60. The number of fused-ring (bicyclic) bond motifs is 1. The second kappa shape index (κ2) is 8.54. The molecule has 0 atom stereocenters. The van der Waals surface area contributed by atoms with E-state index in [9.17, 15) is 14.4 Å². The van der Waals surface area contributed by atoms with Gasteiger partial charge in [-0.25, -0.2) is 0 Å². The largest absolute Gasteiger partial charge is 0.457 e. The van der Waals surface area contributed by atoms with Gasteiger partial charge in [0.2, 0.25) is 0 Å². The van der Waals surface area contributed by atoms with Gasteiger partial charge in [0.1, 0.15) is 5.82 Å². The summed E-state index contributed by atoms with van der Waals surface area (Å²) in [6.45, 7) is -0.402. The summed E-state index contributed by atoms with van der Waals surface area (Å²) in [4.78, 5) is 40.2. The first-order valence-corrected chi connectivity index (χ1v) is 9.21. The molecule has 0 fully saturated rings. The van der Waals surface area contributed by atoms with Gasteiger partial charge in [-0.05, 0) is 30.3 Å². The van der Waals surface area contributed by atoms with Crippen molar-refractivity contribution in [2.75, 3.05) is 6.61 Å². The fourth-order valence-electron chi connectivity index (χ4n) is 2.75. The molecule has 8 heteroatoms. The number of esters is 1. The van der Waals surface area contributed by atoms with Crippen molar-refractivity contribution in [1.29, 1.82) is 0 Å². The van der Waals surface area contributed by atoms with E-state index in [1.165, 1.54) is 18.2 Å². The standard InChI is InChI=1S/C20H16Cl2N2O4/c1-24-16-5-3-2-4-13(16)20(27)23-18(24)8-9-19(26)28-11-17(25)12-6-7-14(21)15(22)10-12/h2-7,10H,8-9,11H2,1H3. The molecule has 3 aromatic rings. The van der Waals surface area contributed by atoms with Crippen molar-refractivity contribution in [2.24, 2.45) is 7.05 Å². The third-order valence-corrected chi connectivity index (χ3v) is 5.01. The molecular formula is C20H16Cl2N2O4. The Morgan fingerprint density at radius 2 is 1.86 bits per heavy atom. The molecule has 28 heavy (non-hydrogen) atoms. The molecule has 3 rings (SSSR count). The van der Waals surface area contributed by atoms with Gasteiger partial charge in [-0.15, -0.1) is 0 Å². The van der Waals surface area contributed by atoms with Gasteiger partial charge in [0.25, 0.3) is 5.56 Å². The van der Waals surface area contributed by atoms with E-state index in [-0.39, 0.29) is 29.2 Å². The van der Waals surface area contributed by atoms with Gasteiger partial charge in [-0.1, -0.05) is 35.3 Å². The van der Waals surface area contributed by atoms with Gasteiger partial charge in [0.15, 0.2) is 12.4 Å². The number of ether oxygens (including phenoxy) is 1. The summed E-state index contributed by atoms with van der Waals surface area (Å²) in [5, 5.41) is 1.11. The predicted molar refractivity (Wildman–Crippen MR) is 107 cm³/mol. The van der Waals surface area contributed by atoms with Crippen LogP contribution in [0.4, 0.5) is 0 Å². The summed E-state index contributed by atoms with van der Waals surface area (Å²) in [5.74, 6) is -0.476. The molecule has 0 N–H and O–H groups in total. The van der Waals surface area contributed by atoms with Gasteiger partial charge in [0, 0.05) is 19.0 Å². The average Bonchev–Trinajstić information content (AvgIpc) is 2.69. The Labute approximate surface area is 170 Å². The van der Waals surface area contributed by atoms with Crippen LogP contribution in [0.15, 0.2) is 47.3 Å². The van der Waals surface area contributed by atoms with Crippen molar-refractivity contribution in [2.45, 2.75) is 12.8 Å². The quantitative estimate of drug-likeness (QED) is 0.451. The summed E-state index contributed by atoms with van der Waals surface area (Å²) in [6.07, 6.45) is 0.212. The SMILES string of the molecule is Cn1c(CCC(=O)OCC(=O)c2ccc(Cl)c(Cl)c2)nc(=O)c2ccccc21. The van der Waals surface area contributed by atoms with Gasteiger partial charge in [-0.2, -0.15) is 4.98 Å². The summed E-state index contributed by atoms with van der Waals surface area (Å²) < 4.78 is 6.80. The van der Waals surface area contributed by atoms with Crippen LogP contribution in [0.2, 0.25) is 10.0 Å².